The van der Waals surface area contributed by atoms with Gasteiger partial charge in [-0.15, -0.1) is 0 Å². The lowest BCUT2D eigenvalue weighted by molar-refractivity contribution is -0.202. The quantitative estimate of drug-likeness (QED) is 0.563. The Morgan fingerprint density at radius 2 is 2.14 bits per heavy atom. The Balaban J connectivity index is 2.01. The number of aliphatic hydroxyl groups is 2. The SMILES string of the molecule is CCNC(O)(O)COc1cccc(NC(=O)C2CC2)c1C. The van der Waals surface area contributed by atoms with E-state index in [1.807, 2.05) is 6.92 Å². The second-order valence-electron chi connectivity index (χ2n) is 5.33. The van der Waals surface area contributed by atoms with Crippen LogP contribution in [-0.4, -0.2) is 35.2 Å². The lowest BCUT2D eigenvalue weighted by Gasteiger charge is -2.23. The van der Waals surface area contributed by atoms with E-state index in [0.29, 0.717) is 18.0 Å². The molecule has 1 aliphatic rings. The number of rotatable bonds is 7. The van der Waals surface area contributed by atoms with Crippen molar-refractivity contribution in [3.63, 3.8) is 0 Å². The van der Waals surface area contributed by atoms with Crippen molar-refractivity contribution < 1.29 is 19.7 Å². The third kappa shape index (κ3) is 4.42. The first-order valence-electron chi connectivity index (χ1n) is 7.16. The summed E-state index contributed by atoms with van der Waals surface area (Å²) in [4.78, 5) is 11.8. The Morgan fingerprint density at radius 3 is 2.76 bits per heavy atom. The van der Waals surface area contributed by atoms with Crippen LogP contribution in [0.15, 0.2) is 18.2 Å². The average Bonchev–Trinajstić information content (AvgIpc) is 3.24. The molecule has 0 atom stereocenters. The molecule has 1 aromatic rings. The highest BCUT2D eigenvalue weighted by molar-refractivity contribution is 5.94. The molecule has 1 aliphatic carbocycles. The number of ether oxygens (including phenoxy) is 1. The summed E-state index contributed by atoms with van der Waals surface area (Å²) in [6, 6.07) is 5.29. The summed E-state index contributed by atoms with van der Waals surface area (Å²) in [6.45, 7) is 3.69. The van der Waals surface area contributed by atoms with Crippen LogP contribution in [0.3, 0.4) is 0 Å². The zero-order valence-electron chi connectivity index (χ0n) is 12.3. The van der Waals surface area contributed by atoms with Gasteiger partial charge in [-0.2, -0.15) is 0 Å². The van der Waals surface area contributed by atoms with E-state index >= 15 is 0 Å². The molecule has 0 spiro atoms. The van der Waals surface area contributed by atoms with Gasteiger partial charge in [0.1, 0.15) is 5.75 Å². The molecule has 0 aliphatic heterocycles. The van der Waals surface area contributed by atoms with Crippen LogP contribution in [-0.2, 0) is 4.79 Å². The third-order valence-corrected chi connectivity index (χ3v) is 3.38. The number of nitrogens with one attached hydrogen (secondary N) is 2. The molecule has 116 valence electrons. The van der Waals surface area contributed by atoms with Gasteiger partial charge < -0.3 is 20.3 Å². The van der Waals surface area contributed by atoms with E-state index in [1.54, 1.807) is 25.1 Å². The molecular weight excluding hydrogens is 272 g/mol. The molecule has 1 aromatic carbocycles. The maximum absolute atomic E-state index is 11.8. The summed E-state index contributed by atoms with van der Waals surface area (Å²) in [6.07, 6.45) is 1.89. The highest BCUT2D eigenvalue weighted by atomic mass is 16.6. The first-order chi connectivity index (χ1) is 9.93. The summed E-state index contributed by atoms with van der Waals surface area (Å²) in [5.74, 6) is -1.41. The third-order valence-electron chi connectivity index (χ3n) is 3.38. The molecule has 2 rings (SSSR count). The van der Waals surface area contributed by atoms with Gasteiger partial charge in [0.05, 0.1) is 0 Å². The number of carbonyl (C=O) groups excluding carboxylic acids is 1. The minimum absolute atomic E-state index is 0.0292. The Labute approximate surface area is 124 Å². The molecule has 1 saturated carbocycles. The van der Waals surface area contributed by atoms with Crippen LogP contribution in [0, 0.1) is 12.8 Å². The van der Waals surface area contributed by atoms with Crippen molar-refractivity contribution in [2.45, 2.75) is 32.6 Å². The van der Waals surface area contributed by atoms with Gasteiger partial charge in [0, 0.05) is 17.2 Å². The molecule has 4 N–H and O–H groups in total. The van der Waals surface area contributed by atoms with Gasteiger partial charge >= 0.3 is 0 Å². The van der Waals surface area contributed by atoms with Gasteiger partial charge in [-0.05, 0) is 38.4 Å². The topological polar surface area (TPSA) is 90.8 Å². The zero-order chi connectivity index (χ0) is 15.5. The fraction of sp³-hybridized carbons (Fsp3) is 0.533. The molecule has 6 nitrogen and oxygen atoms in total. The van der Waals surface area contributed by atoms with Crippen LogP contribution in [0.4, 0.5) is 5.69 Å². The highest BCUT2D eigenvalue weighted by Crippen LogP contribution is 2.32. The second-order valence-corrected chi connectivity index (χ2v) is 5.33. The van der Waals surface area contributed by atoms with Gasteiger partial charge in [0.15, 0.2) is 6.61 Å². The molecule has 21 heavy (non-hydrogen) atoms. The van der Waals surface area contributed by atoms with Crippen LogP contribution < -0.4 is 15.4 Å². The van der Waals surface area contributed by atoms with Crippen LogP contribution in [0.5, 0.6) is 5.75 Å². The van der Waals surface area contributed by atoms with Gasteiger partial charge in [-0.25, -0.2) is 0 Å². The number of carbonyl (C=O) groups is 1. The van der Waals surface area contributed by atoms with Crippen molar-refractivity contribution in [1.82, 2.24) is 5.32 Å². The van der Waals surface area contributed by atoms with Crippen LogP contribution in [0.25, 0.3) is 0 Å². The van der Waals surface area contributed by atoms with Crippen LogP contribution >= 0.6 is 0 Å². The van der Waals surface area contributed by atoms with E-state index in [4.69, 9.17) is 4.74 Å². The first-order valence-corrected chi connectivity index (χ1v) is 7.16. The normalized spacial score (nSPS) is 14.9. The van der Waals surface area contributed by atoms with Crippen molar-refractivity contribution in [3.05, 3.63) is 23.8 Å². The molecule has 0 unspecified atom stereocenters. The Bertz CT molecular complexity index is 512. The van der Waals surface area contributed by atoms with Crippen molar-refractivity contribution in [3.8, 4) is 5.75 Å². The Morgan fingerprint density at radius 1 is 1.43 bits per heavy atom. The summed E-state index contributed by atoms with van der Waals surface area (Å²) >= 11 is 0. The minimum atomic E-state index is -2.07. The number of benzene rings is 1. The average molecular weight is 294 g/mol. The van der Waals surface area contributed by atoms with Crippen molar-refractivity contribution in [1.29, 1.82) is 0 Å². The molecule has 0 bridgehead atoms. The molecule has 0 saturated heterocycles. The van der Waals surface area contributed by atoms with Crippen molar-refractivity contribution >= 4 is 11.6 Å². The largest absolute Gasteiger partial charge is 0.486 e. The fourth-order valence-corrected chi connectivity index (χ4v) is 2.00. The van der Waals surface area contributed by atoms with Crippen LogP contribution in [0.2, 0.25) is 0 Å². The van der Waals surface area contributed by atoms with E-state index in [0.717, 1.165) is 18.4 Å². The lowest BCUT2D eigenvalue weighted by Crippen LogP contribution is -2.49. The fourth-order valence-electron chi connectivity index (χ4n) is 2.00. The molecule has 0 heterocycles. The number of amides is 1. The predicted octanol–water partition coefficient (Wildman–Crippen LogP) is 0.970. The molecular formula is C15H22N2O4. The van der Waals surface area contributed by atoms with E-state index in [2.05, 4.69) is 10.6 Å². The van der Waals surface area contributed by atoms with E-state index in [9.17, 15) is 15.0 Å². The summed E-state index contributed by atoms with van der Waals surface area (Å²) in [5.41, 5.74) is 1.45. The minimum Gasteiger partial charge on any atom is -0.486 e. The van der Waals surface area contributed by atoms with E-state index < -0.39 is 5.91 Å². The second kappa shape index (κ2) is 6.43. The standard InChI is InChI=1S/C15H22N2O4/c1-3-16-15(19,20)9-21-13-6-4-5-12(10(13)2)17-14(18)11-7-8-11/h4-6,11,16,19-20H,3,7-9H2,1-2H3,(H,17,18). The van der Waals surface area contributed by atoms with Gasteiger partial charge in [0.2, 0.25) is 5.91 Å². The molecule has 6 heteroatoms. The molecule has 1 amide bonds. The summed E-state index contributed by atoms with van der Waals surface area (Å²) < 4.78 is 5.44. The number of hydrogen-bond acceptors (Lipinski definition) is 5. The Kier molecular flexibility index (Phi) is 4.82. The van der Waals surface area contributed by atoms with Gasteiger partial charge in [-0.3, -0.25) is 10.1 Å². The molecule has 1 fully saturated rings. The first kappa shape index (κ1) is 15.8. The maximum Gasteiger partial charge on any atom is 0.258 e. The summed E-state index contributed by atoms with van der Waals surface area (Å²) in [5, 5.41) is 24.6. The summed E-state index contributed by atoms with van der Waals surface area (Å²) in [7, 11) is 0. The van der Waals surface area contributed by atoms with Crippen molar-refractivity contribution in [2.75, 3.05) is 18.5 Å². The van der Waals surface area contributed by atoms with E-state index in [1.165, 1.54) is 0 Å². The smallest absolute Gasteiger partial charge is 0.258 e. The van der Waals surface area contributed by atoms with Crippen LogP contribution in [0.1, 0.15) is 25.3 Å². The number of anilines is 1. The van der Waals surface area contributed by atoms with Crippen molar-refractivity contribution in [2.24, 2.45) is 5.92 Å². The number of likely N-dealkylation sites (N-methyl/N-ethyl adjacent to an activating group) is 1. The Hall–Kier alpha value is -1.63. The predicted molar refractivity (Wildman–Crippen MR) is 78.9 cm³/mol. The van der Waals surface area contributed by atoms with E-state index in [-0.39, 0.29) is 18.4 Å². The number of hydrogen-bond donors (Lipinski definition) is 4. The molecule has 0 radical (unpaired) electrons. The monoisotopic (exact) mass is 294 g/mol. The highest BCUT2D eigenvalue weighted by Gasteiger charge is 2.30. The van der Waals surface area contributed by atoms with Gasteiger partial charge in [0.25, 0.3) is 5.91 Å². The maximum atomic E-state index is 11.8. The lowest BCUT2D eigenvalue weighted by atomic mass is 10.1. The van der Waals surface area contributed by atoms with Gasteiger partial charge in [-0.1, -0.05) is 13.0 Å². The molecule has 0 aromatic heterocycles. The zero-order valence-corrected chi connectivity index (χ0v) is 12.3.